The number of carbonyl (C=O) groups is 2. The van der Waals surface area contributed by atoms with Crippen molar-refractivity contribution in [3.63, 3.8) is 0 Å². The summed E-state index contributed by atoms with van der Waals surface area (Å²) in [5.41, 5.74) is 0.882. The number of hydrogen-bond donors (Lipinski definition) is 2. The van der Waals surface area contributed by atoms with Gasteiger partial charge in [-0.15, -0.1) is 0 Å². The zero-order valence-corrected chi connectivity index (χ0v) is 10.0. The Labute approximate surface area is 105 Å². The molecule has 0 aromatic heterocycles. The fourth-order valence-corrected chi connectivity index (χ4v) is 2.20. The van der Waals surface area contributed by atoms with Crippen LogP contribution >= 0.6 is 0 Å². The molecule has 1 aromatic carbocycles. The van der Waals surface area contributed by atoms with E-state index in [-0.39, 0.29) is 30.7 Å². The highest BCUT2D eigenvalue weighted by Gasteiger charge is 2.36. The molecule has 2 N–H and O–H groups in total. The van der Waals surface area contributed by atoms with Crippen molar-refractivity contribution in [1.82, 2.24) is 4.90 Å². The van der Waals surface area contributed by atoms with Crippen molar-refractivity contribution < 1.29 is 19.8 Å². The van der Waals surface area contributed by atoms with Crippen molar-refractivity contribution >= 4 is 11.9 Å². The molecule has 18 heavy (non-hydrogen) atoms. The molecule has 2 unspecified atom stereocenters. The molecule has 2 atom stereocenters. The molecule has 1 heterocycles. The minimum atomic E-state index is -0.927. The number of aliphatic carboxylic acids is 1. The smallest absolute Gasteiger partial charge is 0.308 e. The lowest BCUT2D eigenvalue weighted by molar-refractivity contribution is -0.141. The molecule has 1 aromatic rings. The first-order chi connectivity index (χ1) is 8.49. The summed E-state index contributed by atoms with van der Waals surface area (Å²) in [7, 11) is 0. The van der Waals surface area contributed by atoms with Crippen LogP contribution in [0.5, 0.6) is 5.75 Å². The lowest BCUT2D eigenvalue weighted by Gasteiger charge is -2.24. The van der Waals surface area contributed by atoms with Crippen LogP contribution in [0.2, 0.25) is 0 Å². The number of aromatic hydroxyl groups is 1. The van der Waals surface area contributed by atoms with E-state index in [4.69, 9.17) is 5.11 Å². The van der Waals surface area contributed by atoms with E-state index in [0.717, 1.165) is 5.56 Å². The van der Waals surface area contributed by atoms with E-state index in [2.05, 4.69) is 0 Å². The average molecular weight is 249 g/mol. The summed E-state index contributed by atoms with van der Waals surface area (Å²) in [5.74, 6) is -1.51. The van der Waals surface area contributed by atoms with E-state index < -0.39 is 11.9 Å². The molecule has 1 aliphatic rings. The Balaban J connectivity index is 2.14. The summed E-state index contributed by atoms with van der Waals surface area (Å²) in [5, 5.41) is 18.1. The van der Waals surface area contributed by atoms with Gasteiger partial charge >= 0.3 is 5.97 Å². The van der Waals surface area contributed by atoms with Gasteiger partial charge in [-0.3, -0.25) is 9.59 Å². The van der Waals surface area contributed by atoms with Crippen molar-refractivity contribution in [2.75, 3.05) is 6.54 Å². The van der Waals surface area contributed by atoms with Crippen molar-refractivity contribution in [3.05, 3.63) is 29.8 Å². The third-order valence-corrected chi connectivity index (χ3v) is 3.35. The van der Waals surface area contributed by atoms with Crippen LogP contribution in [0.25, 0.3) is 0 Å². The first-order valence-electron chi connectivity index (χ1n) is 5.80. The molecular formula is C13H15NO4. The van der Waals surface area contributed by atoms with E-state index in [1.165, 1.54) is 0 Å². The predicted molar refractivity (Wildman–Crippen MR) is 64.0 cm³/mol. The van der Waals surface area contributed by atoms with E-state index in [1.807, 2.05) is 6.92 Å². The summed E-state index contributed by atoms with van der Waals surface area (Å²) in [6, 6.07) is 6.41. The zero-order valence-electron chi connectivity index (χ0n) is 10.0. The molecule has 1 saturated heterocycles. The third kappa shape index (κ3) is 2.30. The quantitative estimate of drug-likeness (QED) is 0.848. The molecule has 0 radical (unpaired) electrons. The van der Waals surface area contributed by atoms with Gasteiger partial charge in [0.05, 0.1) is 12.0 Å². The van der Waals surface area contributed by atoms with Crippen molar-refractivity contribution in [1.29, 1.82) is 0 Å². The molecule has 1 amide bonds. The number of benzene rings is 1. The van der Waals surface area contributed by atoms with E-state index in [9.17, 15) is 14.7 Å². The Bertz CT molecular complexity index is 468. The summed E-state index contributed by atoms with van der Waals surface area (Å²) in [6.07, 6.45) is 0.0672. The van der Waals surface area contributed by atoms with Gasteiger partial charge in [0, 0.05) is 13.0 Å². The SMILES string of the molecule is CC(c1ccc(O)cc1)N1CC(C(=O)O)CC1=O. The van der Waals surface area contributed by atoms with Crippen LogP contribution in [0.3, 0.4) is 0 Å². The molecule has 1 aliphatic heterocycles. The van der Waals surface area contributed by atoms with Gasteiger partial charge in [0.25, 0.3) is 0 Å². The number of carbonyl (C=O) groups excluding carboxylic acids is 1. The highest BCUT2D eigenvalue weighted by atomic mass is 16.4. The number of rotatable bonds is 3. The molecule has 0 bridgehead atoms. The maximum atomic E-state index is 11.8. The maximum absolute atomic E-state index is 11.8. The van der Waals surface area contributed by atoms with Gasteiger partial charge in [0.15, 0.2) is 0 Å². The van der Waals surface area contributed by atoms with E-state index in [1.54, 1.807) is 29.2 Å². The lowest BCUT2D eigenvalue weighted by Crippen LogP contribution is -2.29. The number of carboxylic acid groups (broad SMARTS) is 1. The molecule has 5 heteroatoms. The fraction of sp³-hybridized carbons (Fsp3) is 0.385. The molecule has 1 fully saturated rings. The van der Waals surface area contributed by atoms with E-state index >= 15 is 0 Å². The van der Waals surface area contributed by atoms with Crippen molar-refractivity contribution in [2.45, 2.75) is 19.4 Å². The minimum Gasteiger partial charge on any atom is -0.508 e. The Morgan fingerprint density at radius 2 is 2.00 bits per heavy atom. The van der Waals surface area contributed by atoms with Crippen molar-refractivity contribution in [2.24, 2.45) is 5.92 Å². The Hall–Kier alpha value is -2.04. The van der Waals surface area contributed by atoms with E-state index in [0.29, 0.717) is 0 Å². The topological polar surface area (TPSA) is 77.8 Å². The van der Waals surface area contributed by atoms with Crippen LogP contribution < -0.4 is 0 Å². The van der Waals surface area contributed by atoms with Gasteiger partial charge in [0.1, 0.15) is 5.75 Å². The third-order valence-electron chi connectivity index (χ3n) is 3.35. The van der Waals surface area contributed by atoms with Crippen LogP contribution in [0.15, 0.2) is 24.3 Å². The first kappa shape index (κ1) is 12.4. The molecule has 2 rings (SSSR count). The summed E-state index contributed by atoms with van der Waals surface area (Å²) in [4.78, 5) is 24.2. The molecule has 0 saturated carbocycles. The van der Waals surface area contributed by atoms with Crippen molar-refractivity contribution in [3.8, 4) is 5.75 Å². The largest absolute Gasteiger partial charge is 0.508 e. The molecule has 0 aliphatic carbocycles. The Morgan fingerprint density at radius 3 is 2.50 bits per heavy atom. The number of nitrogens with zero attached hydrogens (tertiary/aromatic N) is 1. The van der Waals surface area contributed by atoms with Crippen LogP contribution in [0, 0.1) is 5.92 Å². The second kappa shape index (κ2) is 4.68. The number of phenolic OH excluding ortho intramolecular Hbond substituents is 1. The van der Waals surface area contributed by atoms with Gasteiger partial charge < -0.3 is 15.1 Å². The van der Waals surface area contributed by atoms with Gasteiger partial charge in [0.2, 0.25) is 5.91 Å². The molecular weight excluding hydrogens is 234 g/mol. The standard InChI is InChI=1S/C13H15NO4/c1-8(9-2-4-11(15)5-3-9)14-7-10(13(17)18)6-12(14)16/h2-5,8,10,15H,6-7H2,1H3,(H,17,18). The number of likely N-dealkylation sites (tertiary alicyclic amines) is 1. The monoisotopic (exact) mass is 249 g/mol. The van der Waals surface area contributed by atoms with Gasteiger partial charge in [-0.05, 0) is 24.6 Å². The van der Waals surface area contributed by atoms with Crippen LogP contribution in [0.1, 0.15) is 24.9 Å². The highest BCUT2D eigenvalue weighted by molar-refractivity contribution is 5.86. The minimum absolute atomic E-state index is 0.0672. The van der Waals surface area contributed by atoms with Crippen LogP contribution in [-0.2, 0) is 9.59 Å². The summed E-state index contributed by atoms with van der Waals surface area (Å²) < 4.78 is 0. The normalized spacial score (nSPS) is 21.1. The molecule has 0 spiro atoms. The second-order valence-electron chi connectivity index (χ2n) is 4.55. The van der Waals surface area contributed by atoms with Crippen LogP contribution in [-0.4, -0.2) is 33.5 Å². The molecule has 5 nitrogen and oxygen atoms in total. The summed E-state index contributed by atoms with van der Waals surface area (Å²) in [6.45, 7) is 2.10. The average Bonchev–Trinajstić information content (AvgIpc) is 2.71. The number of phenols is 1. The Kier molecular flexibility index (Phi) is 3.23. The van der Waals surface area contributed by atoms with Gasteiger partial charge in [-0.1, -0.05) is 12.1 Å². The second-order valence-corrected chi connectivity index (χ2v) is 4.55. The number of hydrogen-bond acceptors (Lipinski definition) is 3. The number of carboxylic acids is 1. The van der Waals surface area contributed by atoms with Gasteiger partial charge in [-0.2, -0.15) is 0 Å². The predicted octanol–water partition coefficient (Wildman–Crippen LogP) is 1.39. The lowest BCUT2D eigenvalue weighted by atomic mass is 10.1. The highest BCUT2D eigenvalue weighted by Crippen LogP contribution is 2.29. The first-order valence-corrected chi connectivity index (χ1v) is 5.80. The zero-order chi connectivity index (χ0) is 13.3. The fourth-order valence-electron chi connectivity index (χ4n) is 2.20. The Morgan fingerprint density at radius 1 is 1.39 bits per heavy atom. The molecule has 96 valence electrons. The van der Waals surface area contributed by atoms with Gasteiger partial charge in [-0.25, -0.2) is 0 Å². The maximum Gasteiger partial charge on any atom is 0.308 e. The van der Waals surface area contributed by atoms with Crippen LogP contribution in [0.4, 0.5) is 0 Å². The summed E-state index contributed by atoms with van der Waals surface area (Å²) >= 11 is 0. The number of amides is 1.